The summed E-state index contributed by atoms with van der Waals surface area (Å²) in [4.78, 5) is 23.8. The first-order valence-corrected chi connectivity index (χ1v) is 10.6. The summed E-state index contributed by atoms with van der Waals surface area (Å²) in [5.74, 6) is 0.248. The van der Waals surface area contributed by atoms with E-state index in [1.165, 1.54) is 17.6 Å². The third-order valence-corrected chi connectivity index (χ3v) is 5.03. The maximum Gasteiger partial charge on any atom is 0.407 e. The molecule has 1 aromatic heterocycles. The topological polar surface area (TPSA) is 93.5 Å². The quantitative estimate of drug-likeness (QED) is 0.618. The van der Waals surface area contributed by atoms with Crippen molar-refractivity contribution in [2.45, 2.75) is 72.8 Å². The molecule has 0 bridgehead atoms. The number of nitrogens with one attached hydrogen (secondary N) is 2. The molecule has 2 rings (SSSR count). The molecule has 7 nitrogen and oxygen atoms in total. The second kappa shape index (κ2) is 9.96. The molecule has 2 N–H and O–H groups in total. The van der Waals surface area contributed by atoms with Crippen molar-refractivity contribution in [1.29, 1.82) is 0 Å². The number of amides is 2. The first kappa shape index (κ1) is 23.7. The number of hydrogen-bond donors (Lipinski definition) is 2. The van der Waals surface area contributed by atoms with Gasteiger partial charge >= 0.3 is 6.09 Å². The lowest BCUT2D eigenvalue weighted by Crippen LogP contribution is -2.34. The molecular weight excluding hydrogens is 382 g/mol. The van der Waals surface area contributed by atoms with Gasteiger partial charge in [0.15, 0.2) is 11.5 Å². The number of alkyl carbamates (subject to hydrolysis) is 1. The highest BCUT2D eigenvalue weighted by atomic mass is 16.6. The Morgan fingerprint density at radius 2 is 1.93 bits per heavy atom. The predicted octanol–water partition coefficient (Wildman–Crippen LogP) is 4.86. The van der Waals surface area contributed by atoms with Gasteiger partial charge in [-0.2, -0.15) is 0 Å². The summed E-state index contributed by atoms with van der Waals surface area (Å²) in [5.41, 5.74) is 2.59. The van der Waals surface area contributed by atoms with Gasteiger partial charge in [-0.1, -0.05) is 30.7 Å². The Morgan fingerprint density at radius 3 is 2.60 bits per heavy atom. The maximum atomic E-state index is 12.2. The lowest BCUT2D eigenvalue weighted by molar-refractivity contribution is 0.0527. The van der Waals surface area contributed by atoms with Gasteiger partial charge in [0.1, 0.15) is 5.60 Å². The largest absolute Gasteiger partial charge is 0.444 e. The average molecular weight is 418 g/mol. The number of rotatable bonds is 7. The van der Waals surface area contributed by atoms with Crippen molar-refractivity contribution in [3.05, 3.63) is 34.7 Å². The zero-order chi connectivity index (χ0) is 22.4. The predicted molar refractivity (Wildman–Crippen MR) is 117 cm³/mol. The first-order valence-electron chi connectivity index (χ1n) is 10.6. The summed E-state index contributed by atoms with van der Waals surface area (Å²) in [6.45, 7) is 12.9. The van der Waals surface area contributed by atoms with Crippen LogP contribution in [0.1, 0.15) is 83.5 Å². The molecule has 0 radical (unpaired) electrons. The van der Waals surface area contributed by atoms with Crippen LogP contribution >= 0.6 is 0 Å². The normalized spacial score (nSPS) is 16.6. The fourth-order valence-electron chi connectivity index (χ4n) is 3.54. The Balaban J connectivity index is 1.79. The number of nitrogens with zero attached hydrogens (tertiary/aromatic N) is 1. The van der Waals surface area contributed by atoms with Gasteiger partial charge in [0.25, 0.3) is 5.91 Å². The standard InChI is InChI=1S/C23H35N3O4/c1-16-9-7-12-23(5,6)18(16)11-10-17-15-19(26-30-17)20(27)24-13-8-14-25-21(28)29-22(2,3)4/h10-11,15H,7-9,12-14H2,1-6H3,(H,24,27)(H,25,28)/b11-10+. The number of carbonyl (C=O) groups is 2. The van der Waals surface area contributed by atoms with Gasteiger partial charge in [-0.05, 0) is 70.4 Å². The van der Waals surface area contributed by atoms with Gasteiger partial charge in [-0.25, -0.2) is 4.79 Å². The van der Waals surface area contributed by atoms with E-state index in [0.29, 0.717) is 25.3 Å². The average Bonchev–Trinajstić information content (AvgIpc) is 3.08. The number of hydrogen-bond acceptors (Lipinski definition) is 5. The number of allylic oxidation sites excluding steroid dienone is 3. The van der Waals surface area contributed by atoms with Crippen molar-refractivity contribution in [3.8, 4) is 0 Å². The first-order chi connectivity index (χ1) is 14.0. The third kappa shape index (κ3) is 7.35. The highest BCUT2D eigenvalue weighted by Gasteiger charge is 2.26. The minimum Gasteiger partial charge on any atom is -0.444 e. The Labute approximate surface area is 179 Å². The fourth-order valence-corrected chi connectivity index (χ4v) is 3.54. The molecule has 0 fully saturated rings. The summed E-state index contributed by atoms with van der Waals surface area (Å²) in [7, 11) is 0. The van der Waals surface area contributed by atoms with Crippen LogP contribution in [0.4, 0.5) is 4.79 Å². The van der Waals surface area contributed by atoms with E-state index in [4.69, 9.17) is 9.26 Å². The summed E-state index contributed by atoms with van der Waals surface area (Å²) in [6, 6.07) is 1.64. The zero-order valence-corrected chi connectivity index (χ0v) is 19.1. The lowest BCUT2D eigenvalue weighted by atomic mass is 9.72. The second-order valence-corrected chi connectivity index (χ2v) is 9.42. The van der Waals surface area contributed by atoms with Gasteiger partial charge in [0.2, 0.25) is 0 Å². The molecule has 0 saturated carbocycles. The summed E-state index contributed by atoms with van der Waals surface area (Å²) in [5, 5.41) is 9.29. The van der Waals surface area contributed by atoms with Crippen molar-refractivity contribution in [1.82, 2.24) is 15.8 Å². The Bertz CT molecular complexity index is 813. The molecule has 1 aliphatic carbocycles. The van der Waals surface area contributed by atoms with E-state index >= 15 is 0 Å². The van der Waals surface area contributed by atoms with Crippen LogP contribution in [0.15, 0.2) is 27.8 Å². The van der Waals surface area contributed by atoms with E-state index < -0.39 is 11.7 Å². The molecule has 0 aliphatic heterocycles. The van der Waals surface area contributed by atoms with E-state index in [0.717, 1.165) is 12.8 Å². The molecular formula is C23H35N3O4. The van der Waals surface area contributed by atoms with Gasteiger partial charge in [0, 0.05) is 19.2 Å². The molecule has 30 heavy (non-hydrogen) atoms. The highest BCUT2D eigenvalue weighted by Crippen LogP contribution is 2.40. The fraction of sp³-hybridized carbons (Fsp3) is 0.609. The van der Waals surface area contributed by atoms with Crippen molar-refractivity contribution >= 4 is 18.1 Å². The zero-order valence-electron chi connectivity index (χ0n) is 19.1. The molecule has 1 aromatic rings. The van der Waals surface area contributed by atoms with Gasteiger partial charge in [-0.3, -0.25) is 4.79 Å². The van der Waals surface area contributed by atoms with Crippen LogP contribution < -0.4 is 10.6 Å². The van der Waals surface area contributed by atoms with Crippen LogP contribution in [0.2, 0.25) is 0 Å². The lowest BCUT2D eigenvalue weighted by Gasteiger charge is -2.32. The molecule has 0 spiro atoms. The molecule has 0 saturated heterocycles. The summed E-state index contributed by atoms with van der Waals surface area (Å²) in [6.07, 6.45) is 7.58. The van der Waals surface area contributed by atoms with Crippen molar-refractivity contribution < 1.29 is 18.8 Å². The molecule has 0 atom stereocenters. The van der Waals surface area contributed by atoms with Crippen molar-refractivity contribution in [2.24, 2.45) is 5.41 Å². The van der Waals surface area contributed by atoms with Crippen LogP contribution in [0, 0.1) is 5.41 Å². The highest BCUT2D eigenvalue weighted by molar-refractivity contribution is 5.92. The second-order valence-electron chi connectivity index (χ2n) is 9.42. The number of aromatic nitrogens is 1. The Morgan fingerprint density at radius 1 is 1.23 bits per heavy atom. The number of ether oxygens (including phenoxy) is 1. The maximum absolute atomic E-state index is 12.2. The third-order valence-electron chi connectivity index (χ3n) is 5.03. The number of carbonyl (C=O) groups excluding carboxylic acids is 2. The van der Waals surface area contributed by atoms with E-state index in [1.807, 2.05) is 26.8 Å². The monoisotopic (exact) mass is 417 g/mol. The van der Waals surface area contributed by atoms with Gasteiger partial charge < -0.3 is 19.9 Å². The molecule has 1 aliphatic rings. The van der Waals surface area contributed by atoms with Crippen LogP contribution in [0.3, 0.4) is 0 Å². The van der Waals surface area contributed by atoms with Crippen LogP contribution in [0.25, 0.3) is 6.08 Å². The van der Waals surface area contributed by atoms with Crippen LogP contribution in [-0.4, -0.2) is 35.8 Å². The van der Waals surface area contributed by atoms with E-state index in [1.54, 1.807) is 6.07 Å². The minimum atomic E-state index is -0.528. The molecule has 7 heteroatoms. The molecule has 0 unspecified atom stereocenters. The summed E-state index contributed by atoms with van der Waals surface area (Å²) >= 11 is 0. The molecule has 166 valence electrons. The van der Waals surface area contributed by atoms with Crippen molar-refractivity contribution in [2.75, 3.05) is 13.1 Å². The summed E-state index contributed by atoms with van der Waals surface area (Å²) < 4.78 is 10.4. The van der Waals surface area contributed by atoms with Crippen LogP contribution in [-0.2, 0) is 4.74 Å². The SMILES string of the molecule is CC1=C(/C=C/c2cc(C(=O)NCCCNC(=O)OC(C)(C)C)no2)C(C)(C)CCC1. The molecule has 2 amide bonds. The Hall–Kier alpha value is -2.57. The smallest absolute Gasteiger partial charge is 0.407 e. The van der Waals surface area contributed by atoms with E-state index in [2.05, 4.69) is 42.6 Å². The van der Waals surface area contributed by atoms with Crippen molar-refractivity contribution in [3.63, 3.8) is 0 Å². The molecule has 0 aromatic carbocycles. The Kier molecular flexibility index (Phi) is 7.87. The molecule has 1 heterocycles. The minimum absolute atomic E-state index is 0.145. The van der Waals surface area contributed by atoms with Gasteiger partial charge in [-0.15, -0.1) is 0 Å². The van der Waals surface area contributed by atoms with E-state index in [-0.39, 0.29) is 17.0 Å². The van der Waals surface area contributed by atoms with Crippen LogP contribution in [0.5, 0.6) is 0 Å². The van der Waals surface area contributed by atoms with Gasteiger partial charge in [0.05, 0.1) is 0 Å². The van der Waals surface area contributed by atoms with E-state index in [9.17, 15) is 9.59 Å².